The Balaban J connectivity index is 1.84. The van der Waals surface area contributed by atoms with Gasteiger partial charge in [-0.3, -0.25) is 10.1 Å². The molecule has 1 amide bonds. The lowest BCUT2D eigenvalue weighted by atomic mass is 10.1. The number of amides is 1. The second-order valence-corrected chi connectivity index (χ2v) is 5.52. The molecule has 1 aromatic carbocycles. The van der Waals surface area contributed by atoms with Crippen LogP contribution in [0.2, 0.25) is 0 Å². The lowest BCUT2D eigenvalue weighted by Gasteiger charge is -2.24. The maximum absolute atomic E-state index is 13.0. The van der Waals surface area contributed by atoms with Crippen LogP contribution in [-0.2, 0) is 4.79 Å². The van der Waals surface area contributed by atoms with Crippen molar-refractivity contribution in [2.75, 3.05) is 6.54 Å². The summed E-state index contributed by atoms with van der Waals surface area (Å²) in [7, 11) is 0. The van der Waals surface area contributed by atoms with E-state index in [1.54, 1.807) is 12.1 Å². The number of benzene rings is 1. The van der Waals surface area contributed by atoms with E-state index in [1.807, 2.05) is 11.8 Å². The Morgan fingerprint density at radius 2 is 2.00 bits per heavy atom. The summed E-state index contributed by atoms with van der Waals surface area (Å²) in [6.45, 7) is 2.84. The molecule has 0 aromatic heterocycles. The number of rotatable bonds is 4. The van der Waals surface area contributed by atoms with Gasteiger partial charge < -0.3 is 4.90 Å². The van der Waals surface area contributed by atoms with Crippen molar-refractivity contribution in [1.29, 1.82) is 0 Å². The van der Waals surface area contributed by atoms with Gasteiger partial charge in [-0.1, -0.05) is 19.1 Å². The van der Waals surface area contributed by atoms with Gasteiger partial charge in [0.15, 0.2) is 0 Å². The Morgan fingerprint density at radius 3 is 2.58 bits per heavy atom. The van der Waals surface area contributed by atoms with Crippen LogP contribution in [0.15, 0.2) is 24.3 Å². The zero-order valence-corrected chi connectivity index (χ0v) is 11.1. The minimum Gasteiger partial charge on any atom is -0.321 e. The first-order valence-corrected chi connectivity index (χ1v) is 7.01. The Hall–Kier alpha value is -1.42. The Kier molecular flexibility index (Phi) is 3.27. The van der Waals surface area contributed by atoms with Crippen LogP contribution in [0.4, 0.5) is 4.39 Å². The van der Waals surface area contributed by atoms with Gasteiger partial charge in [-0.25, -0.2) is 4.39 Å². The number of hydrogen-bond donors (Lipinski definition) is 1. The second-order valence-electron chi connectivity index (χ2n) is 5.52. The summed E-state index contributed by atoms with van der Waals surface area (Å²) in [5.41, 5.74) is 0.964. The quantitative estimate of drug-likeness (QED) is 0.904. The van der Waals surface area contributed by atoms with E-state index in [0.717, 1.165) is 18.5 Å². The molecule has 0 radical (unpaired) electrons. The van der Waals surface area contributed by atoms with Crippen LogP contribution in [0.1, 0.15) is 37.9 Å². The minimum atomic E-state index is -0.242. The van der Waals surface area contributed by atoms with Crippen molar-refractivity contribution in [3.63, 3.8) is 0 Å². The minimum absolute atomic E-state index is 0.0985. The van der Waals surface area contributed by atoms with Crippen LogP contribution in [-0.4, -0.2) is 23.4 Å². The summed E-state index contributed by atoms with van der Waals surface area (Å²) in [6.07, 6.45) is 3.13. The van der Waals surface area contributed by atoms with E-state index in [1.165, 1.54) is 25.0 Å². The van der Waals surface area contributed by atoms with Gasteiger partial charge in [0.1, 0.15) is 12.0 Å². The molecule has 2 aliphatic rings. The molecule has 1 aliphatic carbocycles. The SMILES string of the molecule is CCC1NC(c2ccc(F)cc2)N(CC2CC2)C1=O. The van der Waals surface area contributed by atoms with Crippen LogP contribution in [0, 0.1) is 11.7 Å². The van der Waals surface area contributed by atoms with Crippen molar-refractivity contribution in [2.45, 2.75) is 38.4 Å². The third-order valence-electron chi connectivity index (χ3n) is 4.00. The van der Waals surface area contributed by atoms with Crippen molar-refractivity contribution in [3.05, 3.63) is 35.6 Å². The highest BCUT2D eigenvalue weighted by molar-refractivity contribution is 5.84. The van der Waals surface area contributed by atoms with E-state index in [9.17, 15) is 9.18 Å². The van der Waals surface area contributed by atoms with E-state index in [4.69, 9.17) is 0 Å². The largest absolute Gasteiger partial charge is 0.321 e. The molecular formula is C15H19FN2O. The van der Waals surface area contributed by atoms with Crippen LogP contribution < -0.4 is 5.32 Å². The van der Waals surface area contributed by atoms with Gasteiger partial charge in [0, 0.05) is 6.54 Å². The normalized spacial score (nSPS) is 27.1. The molecule has 2 fully saturated rings. The summed E-state index contributed by atoms with van der Waals surface area (Å²) in [4.78, 5) is 14.3. The molecule has 1 aliphatic heterocycles. The zero-order chi connectivity index (χ0) is 13.4. The number of carbonyl (C=O) groups excluding carboxylic acids is 1. The highest BCUT2D eigenvalue weighted by Crippen LogP contribution is 2.35. The molecule has 4 heteroatoms. The summed E-state index contributed by atoms with van der Waals surface area (Å²) in [5, 5.41) is 3.36. The number of hydrogen-bond acceptors (Lipinski definition) is 2. The lowest BCUT2D eigenvalue weighted by molar-refractivity contribution is -0.130. The van der Waals surface area contributed by atoms with Crippen molar-refractivity contribution >= 4 is 5.91 Å². The van der Waals surface area contributed by atoms with Gasteiger partial charge >= 0.3 is 0 Å². The smallest absolute Gasteiger partial charge is 0.241 e. The molecule has 1 N–H and O–H groups in total. The maximum atomic E-state index is 13.0. The first-order chi connectivity index (χ1) is 9.19. The standard InChI is InChI=1S/C15H19FN2O/c1-2-13-15(19)18(9-10-3-4-10)14(17-13)11-5-7-12(16)8-6-11/h5-8,10,13-14,17H,2-4,9H2,1H3. The molecule has 3 rings (SSSR count). The number of nitrogens with zero attached hydrogens (tertiary/aromatic N) is 1. The molecule has 0 spiro atoms. The topological polar surface area (TPSA) is 32.3 Å². The monoisotopic (exact) mass is 262 g/mol. The predicted molar refractivity (Wildman–Crippen MR) is 70.8 cm³/mol. The fraction of sp³-hybridized carbons (Fsp3) is 0.533. The fourth-order valence-electron chi connectivity index (χ4n) is 2.67. The van der Waals surface area contributed by atoms with Crippen LogP contribution >= 0.6 is 0 Å². The summed E-state index contributed by atoms with van der Waals surface area (Å²) < 4.78 is 13.0. The van der Waals surface area contributed by atoms with E-state index >= 15 is 0 Å². The number of halogens is 1. The molecule has 1 heterocycles. The highest BCUT2D eigenvalue weighted by atomic mass is 19.1. The van der Waals surface area contributed by atoms with Gasteiger partial charge in [0.25, 0.3) is 0 Å². The van der Waals surface area contributed by atoms with Crippen molar-refractivity contribution in [1.82, 2.24) is 10.2 Å². The Bertz CT molecular complexity index is 470. The molecule has 19 heavy (non-hydrogen) atoms. The predicted octanol–water partition coefficient (Wildman–Crippen LogP) is 2.44. The second kappa shape index (κ2) is 4.93. The van der Waals surface area contributed by atoms with Gasteiger partial charge in [-0.15, -0.1) is 0 Å². The Morgan fingerprint density at radius 1 is 1.32 bits per heavy atom. The molecule has 1 aromatic rings. The molecule has 2 atom stereocenters. The summed E-state index contributed by atoms with van der Waals surface area (Å²) >= 11 is 0. The summed E-state index contributed by atoms with van der Waals surface area (Å²) in [5.74, 6) is 0.599. The van der Waals surface area contributed by atoms with Crippen molar-refractivity contribution in [3.8, 4) is 0 Å². The third kappa shape index (κ3) is 2.50. The van der Waals surface area contributed by atoms with Crippen molar-refractivity contribution in [2.24, 2.45) is 5.92 Å². The van der Waals surface area contributed by atoms with Crippen LogP contribution in [0.3, 0.4) is 0 Å². The summed E-state index contributed by atoms with van der Waals surface area (Å²) in [6, 6.07) is 6.33. The highest BCUT2D eigenvalue weighted by Gasteiger charge is 2.40. The molecular weight excluding hydrogens is 243 g/mol. The average Bonchev–Trinajstić information content (AvgIpc) is 3.17. The van der Waals surface area contributed by atoms with E-state index < -0.39 is 0 Å². The molecule has 0 bridgehead atoms. The van der Waals surface area contributed by atoms with E-state index in [-0.39, 0.29) is 23.9 Å². The zero-order valence-electron chi connectivity index (χ0n) is 11.1. The molecule has 1 saturated heterocycles. The van der Waals surface area contributed by atoms with Gasteiger partial charge in [-0.2, -0.15) is 0 Å². The van der Waals surface area contributed by atoms with E-state index in [0.29, 0.717) is 5.92 Å². The molecule has 1 saturated carbocycles. The van der Waals surface area contributed by atoms with Gasteiger partial charge in [0.2, 0.25) is 5.91 Å². The van der Waals surface area contributed by atoms with Crippen molar-refractivity contribution < 1.29 is 9.18 Å². The van der Waals surface area contributed by atoms with Crippen LogP contribution in [0.25, 0.3) is 0 Å². The molecule has 2 unspecified atom stereocenters. The molecule has 3 nitrogen and oxygen atoms in total. The average molecular weight is 262 g/mol. The third-order valence-corrected chi connectivity index (χ3v) is 4.00. The first-order valence-electron chi connectivity index (χ1n) is 7.01. The van der Waals surface area contributed by atoms with Gasteiger partial charge in [0.05, 0.1) is 6.04 Å². The number of nitrogens with one attached hydrogen (secondary N) is 1. The lowest BCUT2D eigenvalue weighted by Crippen LogP contribution is -2.32. The maximum Gasteiger partial charge on any atom is 0.241 e. The van der Waals surface area contributed by atoms with Gasteiger partial charge in [-0.05, 0) is 42.9 Å². The fourth-order valence-corrected chi connectivity index (χ4v) is 2.67. The first kappa shape index (κ1) is 12.6. The Labute approximate surface area is 112 Å². The number of carbonyl (C=O) groups is 1. The molecule has 102 valence electrons. The van der Waals surface area contributed by atoms with Crippen LogP contribution in [0.5, 0.6) is 0 Å². The van der Waals surface area contributed by atoms with E-state index in [2.05, 4.69) is 5.32 Å².